The summed E-state index contributed by atoms with van der Waals surface area (Å²) in [6.45, 7) is 1.80. The number of amides is 2. The van der Waals surface area contributed by atoms with Gasteiger partial charge >= 0.3 is 11.4 Å². The zero-order chi connectivity index (χ0) is 43.9. The number of rotatable bonds is 9. The monoisotopic (exact) mass is 845 g/mol. The summed E-state index contributed by atoms with van der Waals surface area (Å²) < 4.78 is 16.2. The molecule has 0 radical (unpaired) electrons. The van der Waals surface area contributed by atoms with Crippen molar-refractivity contribution in [2.45, 2.75) is 50.2 Å². The number of carbonyl (C=O) groups is 2. The highest BCUT2D eigenvalue weighted by molar-refractivity contribution is 6.13. The number of phenols is 1. The fourth-order valence-electron chi connectivity index (χ4n) is 10.2. The van der Waals surface area contributed by atoms with Crippen molar-refractivity contribution in [3.05, 3.63) is 168 Å². The van der Waals surface area contributed by atoms with Gasteiger partial charge in [0.05, 0.1) is 54.9 Å². The van der Waals surface area contributed by atoms with E-state index in [-0.39, 0.29) is 37.4 Å². The molecule has 318 valence electrons. The van der Waals surface area contributed by atoms with Crippen LogP contribution < -0.4 is 31.8 Å². The van der Waals surface area contributed by atoms with Crippen LogP contribution in [-0.2, 0) is 41.6 Å². The Balaban J connectivity index is 1.12. The Kier molecular flexibility index (Phi) is 9.24. The molecule has 7 aromatic rings. The van der Waals surface area contributed by atoms with E-state index < -0.39 is 52.0 Å². The van der Waals surface area contributed by atoms with Crippen LogP contribution in [0.1, 0.15) is 40.8 Å². The summed E-state index contributed by atoms with van der Waals surface area (Å²) in [6.07, 6.45) is 1.89. The van der Waals surface area contributed by atoms with Gasteiger partial charge in [-0.05, 0) is 53.6 Å². The van der Waals surface area contributed by atoms with E-state index in [0.29, 0.717) is 55.7 Å². The highest BCUT2D eigenvalue weighted by Crippen LogP contribution is 2.62. The number of hydrogen-bond donors (Lipinski definition) is 2. The smallest absolute Gasteiger partial charge is 0.347 e. The molecular formula is C48H43N7O8. The molecule has 1 aliphatic carbocycles. The summed E-state index contributed by atoms with van der Waals surface area (Å²) in [5.41, 5.74) is 4.71. The van der Waals surface area contributed by atoms with Crippen molar-refractivity contribution in [3.8, 4) is 17.2 Å². The van der Waals surface area contributed by atoms with E-state index in [0.717, 1.165) is 15.1 Å². The van der Waals surface area contributed by atoms with Crippen LogP contribution in [-0.4, -0.2) is 59.6 Å². The topological polar surface area (TPSA) is 172 Å². The molecule has 0 unspecified atom stereocenters. The van der Waals surface area contributed by atoms with Crippen molar-refractivity contribution in [2.75, 3.05) is 19.6 Å². The molecule has 2 fully saturated rings. The number of aromatic nitrogens is 5. The van der Waals surface area contributed by atoms with E-state index in [2.05, 4.69) is 10.4 Å². The number of nitrogens with one attached hydrogen (secondary N) is 1. The first kappa shape index (κ1) is 39.5. The Morgan fingerprint density at radius 3 is 2.27 bits per heavy atom. The number of allylic oxidation sites excluding steroid dienone is 2. The predicted molar refractivity (Wildman–Crippen MR) is 235 cm³/mol. The SMILES string of the molecule is COc1cc2nc(CCn3c(=O)n4n(c3=O)[C@@H]3C[C@H]5C(=O)N(Nc6ccc(C)cc6)C(=O)[C@@]5(c5ccccc5)[C@@H](c5ccc(O)c6ccccc56)C3=CC4)c(=O)n(C)c2cc1OC. The van der Waals surface area contributed by atoms with E-state index in [1.165, 1.54) is 28.2 Å². The molecule has 10 rings (SSSR count). The molecule has 0 bridgehead atoms. The lowest BCUT2D eigenvalue weighted by molar-refractivity contribution is -0.138. The second kappa shape index (κ2) is 14.8. The van der Waals surface area contributed by atoms with Gasteiger partial charge in [0.15, 0.2) is 11.5 Å². The van der Waals surface area contributed by atoms with E-state index in [4.69, 9.17) is 9.47 Å². The van der Waals surface area contributed by atoms with Gasteiger partial charge < -0.3 is 19.1 Å². The minimum atomic E-state index is -1.51. The van der Waals surface area contributed by atoms with E-state index >= 15 is 9.59 Å². The van der Waals surface area contributed by atoms with Crippen molar-refractivity contribution in [1.82, 2.24) is 28.5 Å². The Morgan fingerprint density at radius 2 is 1.54 bits per heavy atom. The Morgan fingerprint density at radius 1 is 0.841 bits per heavy atom. The molecule has 15 heteroatoms. The first-order chi connectivity index (χ1) is 30.5. The van der Waals surface area contributed by atoms with Gasteiger partial charge in [-0.1, -0.05) is 84.4 Å². The number of ether oxygens (including phenoxy) is 2. The molecule has 2 aliphatic heterocycles. The number of benzene rings is 5. The van der Waals surface area contributed by atoms with Crippen LogP contribution in [0.3, 0.4) is 0 Å². The number of hydrazine groups is 1. The van der Waals surface area contributed by atoms with Crippen LogP contribution in [0.5, 0.6) is 17.2 Å². The van der Waals surface area contributed by atoms with Crippen LogP contribution >= 0.6 is 0 Å². The lowest BCUT2D eigenvalue weighted by Gasteiger charge is -2.49. The minimum Gasteiger partial charge on any atom is -0.507 e. The number of nitrogens with zero attached hydrogens (tertiary/aromatic N) is 6. The number of hydrogen-bond acceptors (Lipinski definition) is 10. The third kappa shape index (κ3) is 5.79. The van der Waals surface area contributed by atoms with Crippen molar-refractivity contribution >= 4 is 39.3 Å². The molecule has 15 nitrogen and oxygen atoms in total. The number of aryl methyl sites for hydroxylation is 3. The average molecular weight is 846 g/mol. The molecule has 0 spiro atoms. The van der Waals surface area contributed by atoms with Gasteiger partial charge in [0.25, 0.3) is 17.4 Å². The molecule has 1 saturated carbocycles. The first-order valence-corrected chi connectivity index (χ1v) is 20.7. The maximum Gasteiger partial charge on any atom is 0.347 e. The molecule has 2 aromatic heterocycles. The molecule has 5 aromatic carbocycles. The van der Waals surface area contributed by atoms with E-state index in [1.807, 2.05) is 73.7 Å². The maximum absolute atomic E-state index is 15.6. The molecule has 2 N–H and O–H groups in total. The summed E-state index contributed by atoms with van der Waals surface area (Å²) in [6, 6.07) is 29.9. The van der Waals surface area contributed by atoms with Gasteiger partial charge in [-0.3, -0.25) is 19.8 Å². The van der Waals surface area contributed by atoms with Crippen molar-refractivity contribution in [2.24, 2.45) is 13.0 Å². The van der Waals surface area contributed by atoms with Crippen molar-refractivity contribution in [1.29, 1.82) is 0 Å². The van der Waals surface area contributed by atoms with Crippen LogP contribution in [0.25, 0.3) is 21.8 Å². The Hall–Kier alpha value is -7.68. The number of carbonyl (C=O) groups excluding carboxylic acids is 2. The summed E-state index contributed by atoms with van der Waals surface area (Å²) in [5, 5.41) is 13.4. The zero-order valence-corrected chi connectivity index (χ0v) is 34.9. The van der Waals surface area contributed by atoms with Gasteiger partial charge in [0.2, 0.25) is 0 Å². The van der Waals surface area contributed by atoms with Gasteiger partial charge in [-0.15, -0.1) is 0 Å². The van der Waals surface area contributed by atoms with Crippen LogP contribution in [0.15, 0.2) is 129 Å². The Labute approximate surface area is 359 Å². The number of anilines is 1. The molecule has 4 heterocycles. The molecular weight excluding hydrogens is 803 g/mol. The summed E-state index contributed by atoms with van der Waals surface area (Å²) in [7, 11) is 4.62. The molecule has 3 aliphatic rings. The van der Waals surface area contributed by atoms with Gasteiger partial charge in [-0.2, -0.15) is 5.01 Å². The van der Waals surface area contributed by atoms with Crippen molar-refractivity contribution in [3.63, 3.8) is 0 Å². The number of imide groups is 1. The van der Waals surface area contributed by atoms with Crippen molar-refractivity contribution < 1.29 is 24.2 Å². The second-order valence-electron chi connectivity index (χ2n) is 16.4. The lowest BCUT2D eigenvalue weighted by atomic mass is 9.53. The fraction of sp³-hybridized carbons (Fsp3) is 0.250. The standard InChI is InChI=1S/C48H43N7O8/c1-27-14-16-29(17-15-27)50-54-43(57)34-24-37-33(42(48(34,45(54)59)28-10-6-5-7-11-28)32-18-19-39(56)31-13-9-8-12-30(31)32)20-23-53-46(60)52(47(61)55(37)53)22-21-35-44(58)51(2)38-26-41(63-4)40(62-3)25-36(38)49-35/h5-20,25-26,34,37,42,50,56H,21-24H2,1-4H3/t34-,37+,42-,48+/m0/s1. The lowest BCUT2D eigenvalue weighted by Crippen LogP contribution is -2.53. The number of phenolic OH excluding ortho intramolecular Hbond substituents is 1. The molecule has 63 heavy (non-hydrogen) atoms. The summed E-state index contributed by atoms with van der Waals surface area (Å²) >= 11 is 0. The van der Waals surface area contributed by atoms with Gasteiger partial charge in [0, 0.05) is 43.5 Å². The van der Waals surface area contributed by atoms with Crippen LogP contribution in [0.2, 0.25) is 0 Å². The maximum atomic E-state index is 15.6. The highest BCUT2D eigenvalue weighted by Gasteiger charge is 2.69. The molecule has 4 atom stereocenters. The number of fused-ring (bicyclic) bond motifs is 6. The van der Waals surface area contributed by atoms with E-state index in [9.17, 15) is 19.5 Å². The predicted octanol–water partition coefficient (Wildman–Crippen LogP) is 5.10. The average Bonchev–Trinajstić information content (AvgIpc) is 3.67. The third-order valence-electron chi connectivity index (χ3n) is 13.2. The summed E-state index contributed by atoms with van der Waals surface area (Å²) in [5.74, 6) is -1.87. The van der Waals surface area contributed by atoms with E-state index in [1.54, 1.807) is 49.5 Å². The van der Waals surface area contributed by atoms with Gasteiger partial charge in [0.1, 0.15) is 11.4 Å². The van der Waals surface area contributed by atoms with Gasteiger partial charge in [-0.25, -0.2) is 28.5 Å². The molecule has 1 saturated heterocycles. The third-order valence-corrected chi connectivity index (χ3v) is 13.2. The second-order valence-corrected chi connectivity index (χ2v) is 16.4. The minimum absolute atomic E-state index is 0.0000440. The van der Waals surface area contributed by atoms with Crippen LogP contribution in [0.4, 0.5) is 5.69 Å². The molecule has 2 amide bonds. The zero-order valence-electron chi connectivity index (χ0n) is 34.9. The normalized spacial score (nSPS) is 20.3. The van der Waals surface area contributed by atoms with Crippen LogP contribution in [0, 0.1) is 12.8 Å². The first-order valence-electron chi connectivity index (χ1n) is 20.7. The number of aromatic hydroxyl groups is 1. The largest absolute Gasteiger partial charge is 0.507 e. The fourth-order valence-corrected chi connectivity index (χ4v) is 10.2. The quantitative estimate of drug-likeness (QED) is 0.147. The number of methoxy groups -OCH3 is 2. The summed E-state index contributed by atoms with van der Waals surface area (Å²) in [4.78, 5) is 78.0. The highest BCUT2D eigenvalue weighted by atomic mass is 16.5. The Bertz CT molecular complexity index is 3260.